The molecule has 0 aliphatic heterocycles. The molecule has 1 aromatic rings. The summed E-state index contributed by atoms with van der Waals surface area (Å²) in [6.07, 6.45) is 4.53. The van der Waals surface area contributed by atoms with Crippen LogP contribution in [-0.2, 0) is 15.6 Å². The molecule has 1 saturated carbocycles. The lowest BCUT2D eigenvalue weighted by atomic mass is 10.0. The van der Waals surface area contributed by atoms with Gasteiger partial charge in [-0.25, -0.2) is 13.2 Å². The lowest BCUT2D eigenvalue weighted by Crippen LogP contribution is -2.25. The molecule has 1 aliphatic rings. The molecule has 0 radical (unpaired) electrons. The number of benzene rings is 1. The van der Waals surface area contributed by atoms with Crippen LogP contribution in [0.3, 0.4) is 0 Å². The molecule has 104 valence electrons. The van der Waals surface area contributed by atoms with Gasteiger partial charge in [-0.1, -0.05) is 31.4 Å². The minimum absolute atomic E-state index is 0.0568. The predicted molar refractivity (Wildman–Crippen MR) is 72.9 cm³/mol. The monoisotopic (exact) mass is 282 g/mol. The van der Waals surface area contributed by atoms with E-state index in [2.05, 4.69) is 0 Å². The van der Waals surface area contributed by atoms with Crippen LogP contribution in [-0.4, -0.2) is 24.7 Å². The summed E-state index contributed by atoms with van der Waals surface area (Å²) >= 11 is 0. The van der Waals surface area contributed by atoms with Crippen molar-refractivity contribution in [1.82, 2.24) is 0 Å². The van der Waals surface area contributed by atoms with E-state index < -0.39 is 15.8 Å². The summed E-state index contributed by atoms with van der Waals surface area (Å²) in [5.41, 5.74) is 0.696. The zero-order valence-electron chi connectivity index (χ0n) is 10.7. The van der Waals surface area contributed by atoms with E-state index in [0.717, 1.165) is 32.1 Å². The third kappa shape index (κ3) is 3.56. The van der Waals surface area contributed by atoms with Gasteiger partial charge in [0, 0.05) is 0 Å². The number of carboxylic acids is 1. The van der Waals surface area contributed by atoms with Crippen LogP contribution in [0.4, 0.5) is 0 Å². The van der Waals surface area contributed by atoms with Gasteiger partial charge in [-0.05, 0) is 30.5 Å². The molecule has 2 rings (SSSR count). The SMILES string of the molecule is O=C(O)c1cccc(CS(=O)(=O)C2CCCCC2)c1. The van der Waals surface area contributed by atoms with Crippen molar-refractivity contribution in [3.05, 3.63) is 35.4 Å². The summed E-state index contributed by atoms with van der Waals surface area (Å²) in [6, 6.07) is 6.18. The molecule has 0 atom stereocenters. The molecule has 0 heterocycles. The maximum absolute atomic E-state index is 12.3. The smallest absolute Gasteiger partial charge is 0.335 e. The zero-order valence-corrected chi connectivity index (χ0v) is 11.5. The summed E-state index contributed by atoms with van der Waals surface area (Å²) in [5.74, 6) is -1.09. The largest absolute Gasteiger partial charge is 0.478 e. The van der Waals surface area contributed by atoms with Gasteiger partial charge in [-0.2, -0.15) is 0 Å². The summed E-state index contributed by atoms with van der Waals surface area (Å²) in [4.78, 5) is 10.9. The van der Waals surface area contributed by atoms with Crippen molar-refractivity contribution in [2.75, 3.05) is 0 Å². The van der Waals surface area contributed by atoms with Gasteiger partial charge in [0.05, 0.1) is 16.6 Å². The fraction of sp³-hybridized carbons (Fsp3) is 0.500. The number of sulfone groups is 1. The van der Waals surface area contributed by atoms with E-state index in [-0.39, 0.29) is 16.6 Å². The number of carboxylic acid groups (broad SMARTS) is 1. The Kier molecular flexibility index (Phi) is 4.24. The van der Waals surface area contributed by atoms with Crippen LogP contribution < -0.4 is 0 Å². The van der Waals surface area contributed by atoms with E-state index in [1.807, 2.05) is 0 Å². The first kappa shape index (κ1) is 14.1. The molecule has 0 aromatic heterocycles. The maximum atomic E-state index is 12.3. The highest BCUT2D eigenvalue weighted by atomic mass is 32.2. The van der Waals surface area contributed by atoms with Gasteiger partial charge in [-0.15, -0.1) is 0 Å². The van der Waals surface area contributed by atoms with Gasteiger partial charge in [0.25, 0.3) is 0 Å². The Morgan fingerprint density at radius 2 is 1.89 bits per heavy atom. The Balaban J connectivity index is 2.15. The van der Waals surface area contributed by atoms with Crippen molar-refractivity contribution in [3.8, 4) is 0 Å². The van der Waals surface area contributed by atoms with Crippen LogP contribution in [0.2, 0.25) is 0 Å². The fourth-order valence-corrected chi connectivity index (χ4v) is 4.50. The number of carbonyl (C=O) groups is 1. The third-order valence-corrected chi connectivity index (χ3v) is 5.82. The molecule has 5 heteroatoms. The Bertz CT molecular complexity index is 557. The Labute approximate surface area is 113 Å². The standard InChI is InChI=1S/C14H18O4S/c15-14(16)12-6-4-5-11(9-12)10-19(17,18)13-7-2-1-3-8-13/h4-6,9,13H,1-3,7-8,10H2,(H,15,16). The summed E-state index contributed by atoms with van der Waals surface area (Å²) in [6.45, 7) is 0. The highest BCUT2D eigenvalue weighted by Gasteiger charge is 2.27. The van der Waals surface area contributed by atoms with E-state index in [4.69, 9.17) is 5.11 Å². The molecular weight excluding hydrogens is 264 g/mol. The molecule has 0 saturated heterocycles. The van der Waals surface area contributed by atoms with Crippen LogP contribution in [0, 0.1) is 0 Å². The van der Waals surface area contributed by atoms with Crippen LogP contribution in [0.1, 0.15) is 48.0 Å². The van der Waals surface area contributed by atoms with Crippen molar-refractivity contribution in [3.63, 3.8) is 0 Å². The first-order valence-electron chi connectivity index (χ1n) is 6.53. The number of rotatable bonds is 4. The van der Waals surface area contributed by atoms with E-state index in [1.54, 1.807) is 12.1 Å². The first-order chi connectivity index (χ1) is 8.99. The molecular formula is C14H18O4S. The highest BCUT2D eigenvalue weighted by Crippen LogP contribution is 2.26. The average Bonchev–Trinajstić information content (AvgIpc) is 2.39. The second kappa shape index (κ2) is 5.74. The van der Waals surface area contributed by atoms with Crippen molar-refractivity contribution >= 4 is 15.8 Å². The zero-order chi connectivity index (χ0) is 13.9. The molecule has 1 fully saturated rings. The molecule has 4 nitrogen and oxygen atoms in total. The van der Waals surface area contributed by atoms with Gasteiger partial charge >= 0.3 is 5.97 Å². The van der Waals surface area contributed by atoms with Gasteiger partial charge in [0.1, 0.15) is 0 Å². The molecule has 0 unspecified atom stereocenters. The molecule has 0 amide bonds. The minimum Gasteiger partial charge on any atom is -0.478 e. The van der Waals surface area contributed by atoms with Gasteiger partial charge in [0.15, 0.2) is 9.84 Å². The second-order valence-corrected chi connectivity index (χ2v) is 7.35. The average molecular weight is 282 g/mol. The molecule has 19 heavy (non-hydrogen) atoms. The lowest BCUT2D eigenvalue weighted by molar-refractivity contribution is 0.0696. The maximum Gasteiger partial charge on any atom is 0.335 e. The normalized spacial score (nSPS) is 17.3. The summed E-state index contributed by atoms with van der Waals surface area (Å²) in [7, 11) is -3.17. The van der Waals surface area contributed by atoms with E-state index >= 15 is 0 Å². The minimum atomic E-state index is -3.17. The summed E-state index contributed by atoms with van der Waals surface area (Å²) in [5, 5.41) is 8.65. The van der Waals surface area contributed by atoms with Crippen LogP contribution >= 0.6 is 0 Å². The van der Waals surface area contributed by atoms with Gasteiger partial charge in [-0.3, -0.25) is 0 Å². The van der Waals surface area contributed by atoms with Crippen LogP contribution in [0.25, 0.3) is 0 Å². The van der Waals surface area contributed by atoms with Gasteiger partial charge < -0.3 is 5.11 Å². The second-order valence-electron chi connectivity index (χ2n) is 5.07. The fourth-order valence-electron chi connectivity index (χ4n) is 2.57. The Morgan fingerprint density at radius 1 is 1.21 bits per heavy atom. The number of hydrogen-bond donors (Lipinski definition) is 1. The first-order valence-corrected chi connectivity index (χ1v) is 8.24. The highest BCUT2D eigenvalue weighted by molar-refractivity contribution is 7.91. The van der Waals surface area contributed by atoms with Crippen LogP contribution in [0.5, 0.6) is 0 Å². The molecule has 1 aliphatic carbocycles. The van der Waals surface area contributed by atoms with Crippen molar-refractivity contribution in [1.29, 1.82) is 0 Å². The van der Waals surface area contributed by atoms with Crippen LogP contribution in [0.15, 0.2) is 24.3 Å². The van der Waals surface area contributed by atoms with Crippen molar-refractivity contribution < 1.29 is 18.3 Å². The predicted octanol–water partition coefficient (Wildman–Crippen LogP) is 2.63. The topological polar surface area (TPSA) is 71.4 Å². The number of hydrogen-bond acceptors (Lipinski definition) is 3. The van der Waals surface area contributed by atoms with Crippen molar-refractivity contribution in [2.24, 2.45) is 0 Å². The molecule has 0 spiro atoms. The summed E-state index contributed by atoms with van der Waals surface area (Å²) < 4.78 is 24.6. The Hall–Kier alpha value is -1.36. The van der Waals surface area contributed by atoms with E-state index in [9.17, 15) is 13.2 Å². The van der Waals surface area contributed by atoms with E-state index in [1.165, 1.54) is 12.1 Å². The third-order valence-electron chi connectivity index (χ3n) is 3.60. The van der Waals surface area contributed by atoms with E-state index in [0.29, 0.717) is 5.56 Å². The molecule has 1 N–H and O–H groups in total. The quantitative estimate of drug-likeness (QED) is 0.921. The molecule has 1 aromatic carbocycles. The van der Waals surface area contributed by atoms with Gasteiger partial charge in [0.2, 0.25) is 0 Å². The lowest BCUT2D eigenvalue weighted by Gasteiger charge is -2.21. The Morgan fingerprint density at radius 3 is 2.53 bits per heavy atom. The van der Waals surface area contributed by atoms with Crippen molar-refractivity contribution in [2.45, 2.75) is 43.1 Å². The molecule has 0 bridgehead atoms. The number of aromatic carboxylic acids is 1.